The number of hydrogen-bond donors (Lipinski definition) is 0. The Hall–Kier alpha value is 0.637. The first-order valence-electron chi connectivity index (χ1n) is 3.88. The molecule has 4 nitrogen and oxygen atoms in total. The summed E-state index contributed by atoms with van der Waals surface area (Å²) in [5.41, 5.74) is 0. The molecule has 0 radical (unpaired) electrons. The number of hydrogen-bond acceptors (Lipinski definition) is 4. The quantitative estimate of drug-likeness (QED) is 0.303. The van der Waals surface area contributed by atoms with Crippen molar-refractivity contribution in [3.63, 3.8) is 0 Å². The molecule has 0 rings (SSSR count). The Morgan fingerprint density at radius 2 is 2.00 bits per heavy atom. The minimum Gasteiger partial charge on any atom is -0.754 e. The maximum atomic E-state index is 11.1. The molecule has 0 aliphatic carbocycles. The van der Waals surface area contributed by atoms with Gasteiger partial charge in [-0.25, -0.2) is 0 Å². The van der Waals surface area contributed by atoms with Crippen LogP contribution in [0.3, 0.4) is 0 Å². The Kier molecular flexibility index (Phi) is 11.4. The summed E-state index contributed by atoms with van der Waals surface area (Å²) in [7, 11) is -4.64. The van der Waals surface area contributed by atoms with Crippen molar-refractivity contribution in [2.75, 3.05) is 6.61 Å². The van der Waals surface area contributed by atoms with E-state index in [-0.39, 0.29) is 25.5 Å². The predicted octanol–water partition coefficient (Wildman–Crippen LogP) is -1.04. The summed E-state index contributed by atoms with van der Waals surface area (Å²) in [5.74, 6) is 0. The Morgan fingerprint density at radius 3 is 2.46 bits per heavy atom. The molecule has 0 saturated heterocycles. The molecule has 0 aromatic carbocycles. The summed E-state index contributed by atoms with van der Waals surface area (Å²) >= 11 is 0. The summed E-state index contributed by atoms with van der Waals surface area (Å²) in [5, 5.41) is 0. The van der Waals surface area contributed by atoms with Crippen molar-refractivity contribution in [1.82, 2.24) is 0 Å². The van der Waals surface area contributed by atoms with Crippen LogP contribution in [0.15, 0.2) is 0 Å². The first-order chi connectivity index (χ1) is 5.62. The Bertz CT molecular complexity index is 158. The topological polar surface area (TPSA) is 58.6 Å². The van der Waals surface area contributed by atoms with Crippen LogP contribution in [0.2, 0.25) is 0 Å². The van der Waals surface area contributed by atoms with Crippen molar-refractivity contribution in [1.29, 1.82) is 0 Å². The summed E-state index contributed by atoms with van der Waals surface area (Å²) in [6, 6.07) is 0. The van der Waals surface area contributed by atoms with Crippen molar-refractivity contribution >= 4 is 7.82 Å². The second kappa shape index (κ2) is 9.20. The van der Waals surface area contributed by atoms with Crippen LogP contribution in [0.25, 0.3) is 0 Å². The van der Waals surface area contributed by atoms with E-state index in [1.807, 2.05) is 6.92 Å². The number of phosphoric ester groups is 1. The fraction of sp³-hybridized carbons (Fsp3) is 1.00. The van der Waals surface area contributed by atoms with Crippen molar-refractivity contribution < 1.29 is 42.1 Å². The molecular weight excluding hydrogens is 193 g/mol. The molecule has 74 valence electrons. The predicted molar refractivity (Wildman–Crippen MR) is 39.9 cm³/mol. The minimum atomic E-state index is -4.64. The van der Waals surface area contributed by atoms with E-state index >= 15 is 0 Å². The van der Waals surface area contributed by atoms with Crippen LogP contribution in [0, 0.1) is 0 Å². The minimum absolute atomic E-state index is 0. The van der Waals surface area contributed by atoms with E-state index < -0.39 is 7.82 Å². The van der Waals surface area contributed by atoms with Crippen LogP contribution in [0.4, 0.5) is 4.53 Å². The summed E-state index contributed by atoms with van der Waals surface area (Å²) in [4.78, 5) is 10.2. The Labute approximate surface area is 89.5 Å². The molecule has 0 heterocycles. The summed E-state index contributed by atoms with van der Waals surface area (Å²) < 4.78 is 28.1. The van der Waals surface area contributed by atoms with Gasteiger partial charge in [0.25, 0.3) is 0 Å². The fourth-order valence-electron chi connectivity index (χ4n) is 0.725. The molecule has 0 amide bonds. The van der Waals surface area contributed by atoms with Crippen LogP contribution >= 0.6 is 7.82 Å². The van der Waals surface area contributed by atoms with Crippen LogP contribution < -0.4 is 23.8 Å². The van der Waals surface area contributed by atoms with Crippen LogP contribution in [-0.4, -0.2) is 6.61 Å². The van der Waals surface area contributed by atoms with E-state index in [1.54, 1.807) is 0 Å². The zero-order valence-corrected chi connectivity index (χ0v) is 8.89. The molecule has 0 saturated carbocycles. The smallest absolute Gasteiger partial charge is 0.754 e. The molecule has 0 N–H and O–H groups in total. The van der Waals surface area contributed by atoms with Gasteiger partial charge in [-0.15, -0.1) is 4.73 Å². The van der Waals surface area contributed by atoms with Crippen LogP contribution in [-0.2, 0) is 13.8 Å². The first kappa shape index (κ1) is 16.1. The maximum Gasteiger partial charge on any atom is 1.00 e. The van der Waals surface area contributed by atoms with E-state index in [4.69, 9.17) is 0 Å². The van der Waals surface area contributed by atoms with Gasteiger partial charge >= 0.3 is 26.7 Å². The number of halogens is 1. The molecule has 0 bridgehead atoms. The van der Waals surface area contributed by atoms with Gasteiger partial charge in [-0.2, -0.15) is 0 Å². The van der Waals surface area contributed by atoms with Gasteiger partial charge in [-0.05, 0) is 10.9 Å². The van der Waals surface area contributed by atoms with E-state index in [2.05, 4.69) is 9.25 Å². The summed E-state index contributed by atoms with van der Waals surface area (Å²) in [6.07, 6.45) is 3.55. The van der Waals surface area contributed by atoms with Gasteiger partial charge in [0.05, 0.1) is 6.61 Å². The molecule has 0 spiro atoms. The first-order valence-corrected chi connectivity index (χ1v) is 5.34. The van der Waals surface area contributed by atoms with Gasteiger partial charge in [0.2, 0.25) is 0 Å². The number of rotatable bonds is 7. The van der Waals surface area contributed by atoms with E-state index in [0.29, 0.717) is 6.42 Å². The van der Waals surface area contributed by atoms with Crippen molar-refractivity contribution in [3.8, 4) is 0 Å². The van der Waals surface area contributed by atoms with Gasteiger partial charge in [-0.1, -0.05) is 26.2 Å². The van der Waals surface area contributed by atoms with Gasteiger partial charge in [-0.3, -0.25) is 4.57 Å². The molecular formula is C6H13FLiO4P. The number of phosphoric acid groups is 1. The Morgan fingerprint density at radius 1 is 1.38 bits per heavy atom. The van der Waals surface area contributed by atoms with Crippen LogP contribution in [0.5, 0.6) is 0 Å². The van der Waals surface area contributed by atoms with E-state index in [9.17, 15) is 14.0 Å². The zero-order chi connectivity index (χ0) is 9.45. The monoisotopic (exact) mass is 206 g/mol. The third kappa shape index (κ3) is 10.6. The SMILES string of the molecule is CCCCCCOP(=O)([O-])OF.[Li+]. The maximum absolute atomic E-state index is 11.1. The normalized spacial score (nSPS) is 14.7. The molecule has 1 unspecified atom stereocenters. The second-order valence-corrected chi connectivity index (χ2v) is 3.70. The molecule has 7 heteroatoms. The fourth-order valence-corrected chi connectivity index (χ4v) is 1.12. The zero-order valence-electron chi connectivity index (χ0n) is 7.99. The molecule has 1 atom stereocenters. The molecule has 0 aromatic heterocycles. The Balaban J connectivity index is 0. The summed E-state index contributed by atoms with van der Waals surface area (Å²) in [6.45, 7) is 2.02. The van der Waals surface area contributed by atoms with Gasteiger partial charge < -0.3 is 9.42 Å². The van der Waals surface area contributed by atoms with Crippen LogP contribution in [0.1, 0.15) is 32.6 Å². The molecule has 0 aliphatic rings. The van der Waals surface area contributed by atoms with Gasteiger partial charge in [0.15, 0.2) is 0 Å². The molecule has 13 heavy (non-hydrogen) atoms. The molecule has 0 aliphatic heterocycles. The molecule has 0 aromatic rings. The molecule has 0 fully saturated rings. The van der Waals surface area contributed by atoms with E-state index in [1.165, 1.54) is 0 Å². The van der Waals surface area contributed by atoms with Gasteiger partial charge in [0.1, 0.15) is 0 Å². The van der Waals surface area contributed by atoms with E-state index in [0.717, 1.165) is 19.3 Å². The number of unbranched alkanes of at least 4 members (excludes halogenated alkanes) is 3. The second-order valence-electron chi connectivity index (χ2n) is 2.41. The third-order valence-electron chi connectivity index (χ3n) is 1.33. The average molecular weight is 206 g/mol. The van der Waals surface area contributed by atoms with Crippen molar-refractivity contribution in [3.05, 3.63) is 0 Å². The van der Waals surface area contributed by atoms with Crippen molar-refractivity contribution in [2.24, 2.45) is 0 Å². The van der Waals surface area contributed by atoms with Crippen molar-refractivity contribution in [2.45, 2.75) is 32.6 Å². The third-order valence-corrected chi connectivity index (χ3v) is 2.00. The van der Waals surface area contributed by atoms with Gasteiger partial charge in [0, 0.05) is 0 Å². The largest absolute Gasteiger partial charge is 1.00 e. The average Bonchev–Trinajstić information content (AvgIpc) is 2.04. The standard InChI is InChI=1S/C6H14FO4P.Li/c1-2-3-4-5-6-10-12(8,9)11-7;/h2-6H2,1H3,(H,8,9);/q;+1/p-1.